The fourth-order valence-corrected chi connectivity index (χ4v) is 1.59. The predicted octanol–water partition coefficient (Wildman–Crippen LogP) is 1.39. The van der Waals surface area contributed by atoms with Gasteiger partial charge in [-0.05, 0) is 12.8 Å². The van der Waals surface area contributed by atoms with Crippen molar-refractivity contribution in [3.05, 3.63) is 18.0 Å². The lowest BCUT2D eigenvalue weighted by Gasteiger charge is -2.19. The van der Waals surface area contributed by atoms with Crippen molar-refractivity contribution in [2.24, 2.45) is 0 Å². The van der Waals surface area contributed by atoms with E-state index in [0.717, 1.165) is 24.3 Å². The van der Waals surface area contributed by atoms with Crippen LogP contribution in [0.25, 0.3) is 0 Å². The third-order valence-corrected chi connectivity index (χ3v) is 2.76. The summed E-state index contributed by atoms with van der Waals surface area (Å²) in [4.78, 5) is 19.7. The van der Waals surface area contributed by atoms with Crippen molar-refractivity contribution in [3.63, 3.8) is 0 Å². The molecule has 0 bridgehead atoms. The van der Waals surface area contributed by atoms with Gasteiger partial charge in [-0.15, -0.1) is 0 Å². The number of rotatable bonds is 4. The van der Waals surface area contributed by atoms with Gasteiger partial charge in [0.1, 0.15) is 5.75 Å². The van der Waals surface area contributed by atoms with E-state index < -0.39 is 0 Å². The summed E-state index contributed by atoms with van der Waals surface area (Å²) in [6.07, 6.45) is 4.17. The lowest BCUT2D eigenvalue weighted by molar-refractivity contribution is 0.0822. The van der Waals surface area contributed by atoms with E-state index in [1.165, 1.54) is 4.90 Å². The molecule has 1 fully saturated rings. The second-order valence-corrected chi connectivity index (χ2v) is 4.95. The normalized spacial score (nSPS) is 14.2. The van der Waals surface area contributed by atoms with Gasteiger partial charge in [0.2, 0.25) is 0 Å². The first-order chi connectivity index (χ1) is 8.49. The van der Waals surface area contributed by atoms with E-state index in [1.54, 1.807) is 20.3 Å². The van der Waals surface area contributed by atoms with Gasteiger partial charge in [0, 0.05) is 34.3 Å². The fourth-order valence-electron chi connectivity index (χ4n) is 1.59. The largest absolute Gasteiger partial charge is 0.489 e. The third kappa shape index (κ3) is 2.72. The smallest absolute Gasteiger partial charge is 0.274 e. The second-order valence-electron chi connectivity index (χ2n) is 4.95. The summed E-state index contributed by atoms with van der Waals surface area (Å²) in [5, 5.41) is 0. The van der Waals surface area contributed by atoms with E-state index in [1.807, 2.05) is 25.1 Å². The summed E-state index contributed by atoms with van der Waals surface area (Å²) in [7, 11) is 7.23. The van der Waals surface area contributed by atoms with E-state index in [9.17, 15) is 4.79 Å². The molecule has 5 heteroatoms. The van der Waals surface area contributed by atoms with E-state index in [0.29, 0.717) is 11.8 Å². The molecule has 98 valence electrons. The van der Waals surface area contributed by atoms with Gasteiger partial charge in [0.05, 0.1) is 18.0 Å². The molecular formula is C13H19N3O2. The lowest BCUT2D eigenvalue weighted by atomic mass is 10.2. The Kier molecular flexibility index (Phi) is 3.41. The van der Waals surface area contributed by atoms with Crippen LogP contribution in [0, 0.1) is 0 Å². The van der Waals surface area contributed by atoms with Crippen LogP contribution in [0.4, 0.5) is 5.69 Å². The zero-order valence-corrected chi connectivity index (χ0v) is 11.3. The van der Waals surface area contributed by atoms with Crippen molar-refractivity contribution in [1.82, 2.24) is 9.88 Å². The topological polar surface area (TPSA) is 45.7 Å². The van der Waals surface area contributed by atoms with Crippen LogP contribution >= 0.6 is 0 Å². The van der Waals surface area contributed by atoms with Gasteiger partial charge in [-0.25, -0.2) is 4.98 Å². The van der Waals surface area contributed by atoms with Crippen molar-refractivity contribution < 1.29 is 9.53 Å². The Morgan fingerprint density at radius 2 is 2.00 bits per heavy atom. The Labute approximate surface area is 107 Å². The Morgan fingerprint density at radius 1 is 1.33 bits per heavy atom. The van der Waals surface area contributed by atoms with E-state index in [2.05, 4.69) is 4.98 Å². The van der Waals surface area contributed by atoms with Crippen molar-refractivity contribution in [3.8, 4) is 5.75 Å². The molecule has 5 nitrogen and oxygen atoms in total. The number of nitrogens with zero attached hydrogens (tertiary/aromatic N) is 3. The first-order valence-corrected chi connectivity index (χ1v) is 6.04. The minimum atomic E-state index is -0.100. The molecule has 0 atom stereocenters. The number of ether oxygens (including phenoxy) is 1. The molecule has 0 radical (unpaired) electrons. The van der Waals surface area contributed by atoms with E-state index in [4.69, 9.17) is 4.74 Å². The first-order valence-electron chi connectivity index (χ1n) is 6.04. The zero-order chi connectivity index (χ0) is 13.3. The van der Waals surface area contributed by atoms with Gasteiger partial charge in [-0.2, -0.15) is 0 Å². The average molecular weight is 249 g/mol. The number of anilines is 1. The molecule has 1 heterocycles. The predicted molar refractivity (Wildman–Crippen MR) is 70.2 cm³/mol. The number of carbonyl (C=O) groups excluding carboxylic acids is 1. The van der Waals surface area contributed by atoms with Gasteiger partial charge < -0.3 is 14.5 Å². The molecule has 0 saturated heterocycles. The highest BCUT2D eigenvalue weighted by molar-refractivity contribution is 5.97. The van der Waals surface area contributed by atoms with Crippen molar-refractivity contribution in [1.29, 1.82) is 0 Å². The molecule has 0 unspecified atom stereocenters. The van der Waals surface area contributed by atoms with Crippen molar-refractivity contribution >= 4 is 11.6 Å². The van der Waals surface area contributed by atoms with Crippen LogP contribution in [0.15, 0.2) is 12.3 Å². The fraction of sp³-hybridized carbons (Fsp3) is 0.538. The Bertz CT molecular complexity index is 454. The first kappa shape index (κ1) is 12.7. The molecule has 1 aliphatic rings. The summed E-state index contributed by atoms with van der Waals surface area (Å²) in [5.41, 5.74) is 1.24. The van der Waals surface area contributed by atoms with Crippen LogP contribution in [-0.2, 0) is 0 Å². The molecule has 2 rings (SSSR count). The molecule has 1 aromatic rings. The van der Waals surface area contributed by atoms with Crippen LogP contribution in [-0.4, -0.2) is 50.1 Å². The van der Waals surface area contributed by atoms with Crippen molar-refractivity contribution in [2.45, 2.75) is 18.9 Å². The maximum atomic E-state index is 12.0. The van der Waals surface area contributed by atoms with Gasteiger partial charge >= 0.3 is 0 Å². The maximum Gasteiger partial charge on any atom is 0.274 e. The number of pyridine rings is 1. The van der Waals surface area contributed by atoms with Gasteiger partial charge in [-0.1, -0.05) is 0 Å². The molecule has 1 amide bonds. The zero-order valence-electron chi connectivity index (χ0n) is 11.3. The van der Waals surface area contributed by atoms with Crippen LogP contribution < -0.4 is 9.64 Å². The molecule has 1 aliphatic carbocycles. The quantitative estimate of drug-likeness (QED) is 0.809. The molecular weight excluding hydrogens is 230 g/mol. The van der Waals surface area contributed by atoms with Gasteiger partial charge in [-0.3, -0.25) is 4.79 Å². The number of aromatic nitrogens is 1. The highest BCUT2D eigenvalue weighted by atomic mass is 16.5. The van der Waals surface area contributed by atoms with Crippen LogP contribution in [0.5, 0.6) is 5.75 Å². The second kappa shape index (κ2) is 4.84. The van der Waals surface area contributed by atoms with E-state index in [-0.39, 0.29) is 5.91 Å². The molecule has 0 N–H and O–H groups in total. The van der Waals surface area contributed by atoms with Crippen LogP contribution in [0.1, 0.15) is 23.3 Å². The number of amides is 1. The number of hydrogen-bond acceptors (Lipinski definition) is 4. The Morgan fingerprint density at radius 3 is 2.50 bits per heavy atom. The van der Waals surface area contributed by atoms with Gasteiger partial charge in [0.25, 0.3) is 5.91 Å². The molecule has 18 heavy (non-hydrogen) atoms. The minimum absolute atomic E-state index is 0.100. The Balaban J connectivity index is 2.30. The van der Waals surface area contributed by atoms with Crippen LogP contribution in [0.2, 0.25) is 0 Å². The average Bonchev–Trinajstić information content (AvgIpc) is 3.11. The molecule has 0 aromatic carbocycles. The van der Waals surface area contributed by atoms with Crippen LogP contribution in [0.3, 0.4) is 0 Å². The summed E-state index contributed by atoms with van der Waals surface area (Å²) < 4.78 is 5.70. The summed E-state index contributed by atoms with van der Waals surface area (Å²) in [6, 6.07) is 1.88. The maximum absolute atomic E-state index is 12.0. The van der Waals surface area contributed by atoms with Crippen molar-refractivity contribution in [2.75, 3.05) is 33.1 Å². The number of hydrogen-bond donors (Lipinski definition) is 0. The summed E-state index contributed by atoms with van der Waals surface area (Å²) >= 11 is 0. The summed E-state index contributed by atoms with van der Waals surface area (Å²) in [6.45, 7) is 0. The third-order valence-electron chi connectivity index (χ3n) is 2.76. The molecule has 1 aromatic heterocycles. The molecule has 0 spiro atoms. The summed E-state index contributed by atoms with van der Waals surface area (Å²) in [5.74, 6) is 0.633. The Hall–Kier alpha value is -1.78. The minimum Gasteiger partial charge on any atom is -0.489 e. The monoisotopic (exact) mass is 249 g/mol. The number of carbonyl (C=O) groups is 1. The van der Waals surface area contributed by atoms with Gasteiger partial charge in [0.15, 0.2) is 5.69 Å². The molecule has 0 aliphatic heterocycles. The highest BCUT2D eigenvalue weighted by Gasteiger charge is 2.25. The highest BCUT2D eigenvalue weighted by Crippen LogP contribution is 2.29. The van der Waals surface area contributed by atoms with E-state index >= 15 is 0 Å². The SMILES string of the molecule is CN(C)C(=O)c1ncc(OC2CC2)cc1N(C)C. The molecule has 1 saturated carbocycles. The standard InChI is InChI=1S/C13H19N3O2/c1-15(2)11-7-10(18-9-5-6-9)8-14-12(11)13(17)16(3)4/h7-9H,5-6H2,1-4H3. The lowest BCUT2D eigenvalue weighted by Crippen LogP contribution is -2.25.